The average molecular weight is 185 g/mol. The maximum Gasteiger partial charge on any atom is 0.0460 e. The molecule has 0 aliphatic carbocycles. The van der Waals surface area contributed by atoms with E-state index < -0.39 is 0 Å². The molecule has 1 aliphatic heterocycles. The second-order valence-electron chi connectivity index (χ2n) is 4.42. The highest BCUT2D eigenvalue weighted by molar-refractivity contribution is 4.81. The Balaban J connectivity index is 2.43. The predicted octanol–water partition coefficient (Wildman–Crippen LogP) is 1.88. The van der Waals surface area contributed by atoms with Crippen LogP contribution in [0.2, 0.25) is 0 Å². The van der Waals surface area contributed by atoms with E-state index in [9.17, 15) is 0 Å². The molecule has 0 aromatic carbocycles. The van der Waals surface area contributed by atoms with Crippen LogP contribution < -0.4 is 0 Å². The first-order valence-electron chi connectivity index (χ1n) is 5.55. The minimum absolute atomic E-state index is 0.374. The number of nitrogens with zero attached hydrogens (tertiary/aromatic N) is 1. The zero-order valence-electron chi connectivity index (χ0n) is 9.16. The normalized spacial score (nSPS) is 33.2. The molecule has 0 aromatic heterocycles. The number of aliphatic hydroxyl groups excluding tert-OH is 1. The molecular formula is C11H23NO. The first kappa shape index (κ1) is 11.0. The average Bonchev–Trinajstić information content (AvgIpc) is 2.16. The Kier molecular flexibility index (Phi) is 4.20. The predicted molar refractivity (Wildman–Crippen MR) is 55.7 cm³/mol. The van der Waals surface area contributed by atoms with E-state index in [1.54, 1.807) is 0 Å². The Morgan fingerprint density at radius 2 is 2.23 bits per heavy atom. The Hall–Kier alpha value is -0.0800. The topological polar surface area (TPSA) is 23.5 Å². The van der Waals surface area contributed by atoms with Crippen LogP contribution in [0, 0.1) is 5.92 Å². The number of rotatable bonds is 3. The Morgan fingerprint density at radius 1 is 1.54 bits per heavy atom. The maximum atomic E-state index is 9.07. The van der Waals surface area contributed by atoms with Gasteiger partial charge in [-0.2, -0.15) is 0 Å². The quantitative estimate of drug-likeness (QED) is 0.725. The molecule has 1 aliphatic rings. The van der Waals surface area contributed by atoms with Crippen molar-refractivity contribution in [2.75, 3.05) is 13.2 Å². The van der Waals surface area contributed by atoms with Gasteiger partial charge in [0.1, 0.15) is 0 Å². The molecule has 2 heteroatoms. The summed E-state index contributed by atoms with van der Waals surface area (Å²) in [4.78, 5) is 2.58. The van der Waals surface area contributed by atoms with Gasteiger partial charge in [-0.05, 0) is 45.6 Å². The van der Waals surface area contributed by atoms with Crippen molar-refractivity contribution in [2.45, 2.75) is 52.1 Å². The van der Waals surface area contributed by atoms with Crippen LogP contribution >= 0.6 is 0 Å². The van der Waals surface area contributed by atoms with Crippen molar-refractivity contribution in [1.29, 1.82) is 0 Å². The van der Waals surface area contributed by atoms with Crippen LogP contribution in [0.3, 0.4) is 0 Å². The fraction of sp³-hybridized carbons (Fsp3) is 1.00. The van der Waals surface area contributed by atoms with E-state index in [1.807, 2.05) is 0 Å². The third-order valence-electron chi connectivity index (χ3n) is 3.45. The number of hydrogen-bond donors (Lipinski definition) is 1. The van der Waals surface area contributed by atoms with Crippen LogP contribution in [0.4, 0.5) is 0 Å². The van der Waals surface area contributed by atoms with Crippen molar-refractivity contribution in [3.05, 3.63) is 0 Å². The van der Waals surface area contributed by atoms with Crippen LogP contribution in [0.25, 0.3) is 0 Å². The fourth-order valence-electron chi connectivity index (χ4n) is 2.34. The zero-order valence-corrected chi connectivity index (χ0v) is 9.16. The maximum absolute atomic E-state index is 9.07. The molecule has 0 amide bonds. The highest BCUT2D eigenvalue weighted by atomic mass is 16.3. The molecular weight excluding hydrogens is 162 g/mol. The zero-order chi connectivity index (χ0) is 9.84. The Labute approximate surface area is 81.9 Å². The molecule has 3 atom stereocenters. The van der Waals surface area contributed by atoms with Gasteiger partial charge in [0.05, 0.1) is 0 Å². The van der Waals surface area contributed by atoms with Crippen molar-refractivity contribution < 1.29 is 5.11 Å². The van der Waals surface area contributed by atoms with Gasteiger partial charge in [0.15, 0.2) is 0 Å². The van der Waals surface area contributed by atoms with Gasteiger partial charge in [-0.15, -0.1) is 0 Å². The minimum Gasteiger partial charge on any atom is -0.396 e. The summed E-state index contributed by atoms with van der Waals surface area (Å²) in [5, 5.41) is 9.07. The van der Waals surface area contributed by atoms with Crippen molar-refractivity contribution in [1.82, 2.24) is 4.90 Å². The monoisotopic (exact) mass is 185 g/mol. The SMILES string of the molecule is CCC(C)N1CC[C@H](CO)C[C@@H]1C. The Morgan fingerprint density at radius 3 is 2.69 bits per heavy atom. The molecule has 0 radical (unpaired) electrons. The third-order valence-corrected chi connectivity index (χ3v) is 3.45. The van der Waals surface area contributed by atoms with E-state index in [0.717, 1.165) is 0 Å². The minimum atomic E-state index is 0.374. The summed E-state index contributed by atoms with van der Waals surface area (Å²) < 4.78 is 0. The van der Waals surface area contributed by atoms with E-state index in [2.05, 4.69) is 25.7 Å². The van der Waals surface area contributed by atoms with Crippen LogP contribution in [0.5, 0.6) is 0 Å². The van der Waals surface area contributed by atoms with Gasteiger partial charge in [-0.25, -0.2) is 0 Å². The summed E-state index contributed by atoms with van der Waals surface area (Å²) in [6.07, 6.45) is 3.57. The first-order valence-corrected chi connectivity index (χ1v) is 5.55. The van der Waals surface area contributed by atoms with E-state index in [-0.39, 0.29) is 0 Å². The van der Waals surface area contributed by atoms with Crippen LogP contribution in [-0.2, 0) is 0 Å². The highest BCUT2D eigenvalue weighted by Crippen LogP contribution is 2.24. The smallest absolute Gasteiger partial charge is 0.0460 e. The molecule has 0 saturated carbocycles. The molecule has 1 rings (SSSR count). The molecule has 2 nitrogen and oxygen atoms in total. The first-order chi connectivity index (χ1) is 6.19. The summed E-state index contributed by atoms with van der Waals surface area (Å²) in [5.41, 5.74) is 0. The number of aliphatic hydroxyl groups is 1. The van der Waals surface area contributed by atoms with Gasteiger partial charge >= 0.3 is 0 Å². The second-order valence-corrected chi connectivity index (χ2v) is 4.42. The van der Waals surface area contributed by atoms with E-state index in [1.165, 1.54) is 25.8 Å². The number of likely N-dealkylation sites (tertiary alicyclic amines) is 1. The van der Waals surface area contributed by atoms with E-state index >= 15 is 0 Å². The highest BCUT2D eigenvalue weighted by Gasteiger charge is 2.27. The van der Waals surface area contributed by atoms with Gasteiger partial charge in [0, 0.05) is 18.7 Å². The summed E-state index contributed by atoms with van der Waals surface area (Å²) in [6, 6.07) is 1.36. The molecule has 1 N–H and O–H groups in total. The molecule has 0 aromatic rings. The van der Waals surface area contributed by atoms with Crippen LogP contribution in [0.1, 0.15) is 40.0 Å². The van der Waals surface area contributed by atoms with Gasteiger partial charge in [0.2, 0.25) is 0 Å². The van der Waals surface area contributed by atoms with Gasteiger partial charge < -0.3 is 5.11 Å². The van der Waals surface area contributed by atoms with Crippen molar-refractivity contribution in [2.24, 2.45) is 5.92 Å². The number of piperidine rings is 1. The molecule has 13 heavy (non-hydrogen) atoms. The van der Waals surface area contributed by atoms with E-state index in [0.29, 0.717) is 24.6 Å². The van der Waals surface area contributed by atoms with Gasteiger partial charge in [-0.1, -0.05) is 6.92 Å². The largest absolute Gasteiger partial charge is 0.396 e. The molecule has 1 heterocycles. The van der Waals surface area contributed by atoms with Crippen molar-refractivity contribution >= 4 is 0 Å². The lowest BCUT2D eigenvalue weighted by molar-refractivity contribution is 0.0602. The third kappa shape index (κ3) is 2.68. The fourth-order valence-corrected chi connectivity index (χ4v) is 2.34. The van der Waals surface area contributed by atoms with Crippen LogP contribution in [-0.4, -0.2) is 35.2 Å². The molecule has 78 valence electrons. The molecule has 1 saturated heterocycles. The number of hydrogen-bond acceptors (Lipinski definition) is 2. The van der Waals surface area contributed by atoms with Crippen molar-refractivity contribution in [3.63, 3.8) is 0 Å². The van der Waals surface area contributed by atoms with Gasteiger partial charge in [0.25, 0.3) is 0 Å². The molecule has 1 unspecified atom stereocenters. The van der Waals surface area contributed by atoms with Crippen LogP contribution in [0.15, 0.2) is 0 Å². The standard InChI is InChI=1S/C11H23NO/c1-4-9(2)12-6-5-11(8-13)7-10(12)3/h9-11,13H,4-8H2,1-3H3/t9?,10-,11-/m0/s1. The molecule has 1 fully saturated rings. The summed E-state index contributed by atoms with van der Waals surface area (Å²) in [7, 11) is 0. The lowest BCUT2D eigenvalue weighted by atomic mass is 9.91. The summed E-state index contributed by atoms with van der Waals surface area (Å²) in [6.45, 7) is 8.37. The van der Waals surface area contributed by atoms with Crippen molar-refractivity contribution in [3.8, 4) is 0 Å². The molecule has 0 spiro atoms. The second kappa shape index (κ2) is 4.97. The summed E-state index contributed by atoms with van der Waals surface area (Å²) in [5.74, 6) is 0.551. The van der Waals surface area contributed by atoms with E-state index in [4.69, 9.17) is 5.11 Å². The van der Waals surface area contributed by atoms with Gasteiger partial charge in [-0.3, -0.25) is 4.90 Å². The lowest BCUT2D eigenvalue weighted by Crippen LogP contribution is -2.46. The Bertz CT molecular complexity index is 149. The molecule has 0 bridgehead atoms. The lowest BCUT2D eigenvalue weighted by Gasteiger charge is -2.40. The summed E-state index contributed by atoms with van der Waals surface area (Å²) >= 11 is 0.